The van der Waals surface area contributed by atoms with E-state index in [2.05, 4.69) is 10.3 Å². The van der Waals surface area contributed by atoms with E-state index in [4.69, 9.17) is 31.2 Å². The number of nitrogens with two attached hydrogens (primary N) is 1. The van der Waals surface area contributed by atoms with Gasteiger partial charge in [0.15, 0.2) is 11.4 Å². The Bertz CT molecular complexity index is 1440. The number of furan rings is 1. The van der Waals surface area contributed by atoms with E-state index in [0.717, 1.165) is 29.6 Å². The molecule has 1 saturated heterocycles. The van der Waals surface area contributed by atoms with Crippen molar-refractivity contribution >= 4 is 34.8 Å². The van der Waals surface area contributed by atoms with Crippen LogP contribution >= 0.6 is 11.6 Å². The summed E-state index contributed by atoms with van der Waals surface area (Å²) in [4.78, 5) is 17.6. The number of pyridine rings is 1. The van der Waals surface area contributed by atoms with Crippen molar-refractivity contribution in [3.63, 3.8) is 0 Å². The number of carbonyl (C=O) groups excluding carboxylic acids is 1. The highest BCUT2D eigenvalue weighted by atomic mass is 35.5. The van der Waals surface area contributed by atoms with E-state index in [9.17, 15) is 9.18 Å². The summed E-state index contributed by atoms with van der Waals surface area (Å²) >= 11 is 6.24. The number of rotatable bonds is 7. The van der Waals surface area contributed by atoms with Gasteiger partial charge in [-0.1, -0.05) is 35.9 Å². The van der Waals surface area contributed by atoms with Crippen molar-refractivity contribution < 1.29 is 23.1 Å². The molecule has 2 atom stereocenters. The molecule has 5 rings (SSSR count). The van der Waals surface area contributed by atoms with Crippen molar-refractivity contribution in [2.75, 3.05) is 32.5 Å². The quantitative estimate of drug-likeness (QED) is 0.323. The number of amides is 1. The molecular weight excluding hydrogens is 499 g/mol. The van der Waals surface area contributed by atoms with E-state index in [1.165, 1.54) is 19.2 Å². The molecule has 10 heteroatoms. The monoisotopic (exact) mass is 524 g/mol. The molecule has 1 aliphatic rings. The first-order valence-corrected chi connectivity index (χ1v) is 12.2. The Morgan fingerprint density at radius 2 is 2.08 bits per heavy atom. The fourth-order valence-electron chi connectivity index (χ4n) is 4.70. The highest BCUT2D eigenvalue weighted by Crippen LogP contribution is 2.42. The van der Waals surface area contributed by atoms with Crippen molar-refractivity contribution in [1.29, 1.82) is 0 Å². The second-order valence-corrected chi connectivity index (χ2v) is 9.17. The molecule has 0 bridgehead atoms. The van der Waals surface area contributed by atoms with Gasteiger partial charge < -0.3 is 29.8 Å². The molecule has 0 saturated carbocycles. The first kappa shape index (κ1) is 24.9. The average Bonchev–Trinajstić information content (AvgIpc) is 3.36. The van der Waals surface area contributed by atoms with Gasteiger partial charge in [0.05, 0.1) is 35.4 Å². The Morgan fingerprint density at radius 3 is 2.81 bits per heavy atom. The van der Waals surface area contributed by atoms with Crippen LogP contribution in [0.2, 0.25) is 5.02 Å². The van der Waals surface area contributed by atoms with Gasteiger partial charge in [-0.05, 0) is 30.2 Å². The van der Waals surface area contributed by atoms with Crippen LogP contribution in [0.4, 0.5) is 10.2 Å². The standard InChI is InChI=1S/C27H26ClFN4O4/c1-15(23-22(35-2)8-7-20(29)24(23)28)37-26-25-18(11-32-27(26)30)19(13-36-25)16-3-5-17(6-4-16)21-12-31-9-10-33(21)14-34/h3-8,11,13-15,21,31H,9-10,12H2,1-2H3,(H2,30,32)/t15-,21?/m1/s1. The van der Waals surface area contributed by atoms with Gasteiger partial charge in [0.25, 0.3) is 0 Å². The van der Waals surface area contributed by atoms with Crippen molar-refractivity contribution in [2.24, 2.45) is 0 Å². The number of ether oxygens (including phenoxy) is 2. The second kappa shape index (κ2) is 10.3. The molecule has 1 fully saturated rings. The van der Waals surface area contributed by atoms with Gasteiger partial charge in [-0.15, -0.1) is 0 Å². The normalized spacial score (nSPS) is 16.5. The summed E-state index contributed by atoms with van der Waals surface area (Å²) in [5.41, 5.74) is 9.67. The molecule has 4 aromatic rings. The summed E-state index contributed by atoms with van der Waals surface area (Å²) in [6.45, 7) is 3.87. The van der Waals surface area contributed by atoms with Gasteiger partial charge in [-0.2, -0.15) is 0 Å². The summed E-state index contributed by atoms with van der Waals surface area (Å²) in [6, 6.07) is 10.7. The molecule has 1 unspecified atom stereocenters. The summed E-state index contributed by atoms with van der Waals surface area (Å²) in [5.74, 6) is 0.159. The SMILES string of the molecule is COc1ccc(F)c(Cl)c1[C@@H](C)Oc1c(N)ncc2c(-c3ccc(C4CNCCN4C=O)cc3)coc12. The van der Waals surface area contributed by atoms with Crippen LogP contribution in [0.25, 0.3) is 22.1 Å². The second-order valence-electron chi connectivity index (χ2n) is 8.79. The zero-order valence-electron chi connectivity index (χ0n) is 20.3. The van der Waals surface area contributed by atoms with Gasteiger partial charge in [-0.25, -0.2) is 9.37 Å². The van der Waals surface area contributed by atoms with Crippen LogP contribution < -0.4 is 20.5 Å². The third-order valence-corrected chi connectivity index (χ3v) is 7.03. The lowest BCUT2D eigenvalue weighted by molar-refractivity contribution is -0.121. The lowest BCUT2D eigenvalue weighted by Gasteiger charge is -2.33. The maximum Gasteiger partial charge on any atom is 0.210 e. The van der Waals surface area contributed by atoms with Crippen LogP contribution in [0.3, 0.4) is 0 Å². The van der Waals surface area contributed by atoms with Crippen LogP contribution in [0.5, 0.6) is 11.5 Å². The van der Waals surface area contributed by atoms with Gasteiger partial charge in [0.1, 0.15) is 17.7 Å². The summed E-state index contributed by atoms with van der Waals surface area (Å²) < 4.78 is 31.6. The fraction of sp³-hybridized carbons (Fsp3) is 0.259. The minimum atomic E-state index is -0.717. The Balaban J connectivity index is 1.47. The molecule has 3 heterocycles. The molecule has 2 aromatic heterocycles. The zero-order chi connectivity index (χ0) is 26.1. The Labute approximate surface area is 218 Å². The third kappa shape index (κ3) is 4.56. The molecule has 192 valence electrons. The number of nitrogens with one attached hydrogen (secondary N) is 1. The van der Waals surface area contributed by atoms with E-state index in [1.54, 1.807) is 24.3 Å². The van der Waals surface area contributed by atoms with E-state index in [-0.39, 0.29) is 22.6 Å². The summed E-state index contributed by atoms with van der Waals surface area (Å²) in [6.07, 6.45) is 3.43. The van der Waals surface area contributed by atoms with E-state index in [1.807, 2.05) is 24.3 Å². The molecule has 2 aromatic carbocycles. The third-order valence-electron chi connectivity index (χ3n) is 6.64. The number of piperazine rings is 1. The topological polar surface area (TPSA) is 103 Å². The minimum absolute atomic E-state index is 0.0176. The molecule has 8 nitrogen and oxygen atoms in total. The maximum atomic E-state index is 14.2. The number of nitrogen functional groups attached to an aromatic ring is 1. The number of nitrogens with zero attached hydrogens (tertiary/aromatic N) is 2. The summed E-state index contributed by atoms with van der Waals surface area (Å²) in [5, 5.41) is 3.94. The molecule has 0 spiro atoms. The number of benzene rings is 2. The number of methoxy groups -OCH3 is 1. The maximum absolute atomic E-state index is 14.2. The number of anilines is 1. The van der Waals surface area contributed by atoms with E-state index >= 15 is 0 Å². The highest BCUT2D eigenvalue weighted by molar-refractivity contribution is 6.31. The molecule has 1 amide bonds. The number of hydrogen-bond acceptors (Lipinski definition) is 7. The van der Waals surface area contributed by atoms with Crippen LogP contribution in [0.1, 0.15) is 30.2 Å². The number of carbonyl (C=O) groups is 1. The highest BCUT2D eigenvalue weighted by Gasteiger charge is 2.25. The predicted octanol–water partition coefficient (Wildman–Crippen LogP) is 5.12. The Morgan fingerprint density at radius 1 is 1.30 bits per heavy atom. The van der Waals surface area contributed by atoms with Gasteiger partial charge in [0, 0.05) is 31.4 Å². The molecule has 1 aliphatic heterocycles. The molecule has 37 heavy (non-hydrogen) atoms. The molecule has 0 aliphatic carbocycles. The summed E-state index contributed by atoms with van der Waals surface area (Å²) in [7, 11) is 1.47. The average molecular weight is 525 g/mol. The van der Waals surface area contributed by atoms with Crippen LogP contribution in [-0.4, -0.2) is 43.0 Å². The minimum Gasteiger partial charge on any atom is -0.496 e. The van der Waals surface area contributed by atoms with E-state index < -0.39 is 11.9 Å². The largest absolute Gasteiger partial charge is 0.496 e. The van der Waals surface area contributed by atoms with E-state index in [0.29, 0.717) is 35.4 Å². The van der Waals surface area contributed by atoms with Crippen LogP contribution in [0.15, 0.2) is 53.3 Å². The number of aromatic nitrogens is 1. The van der Waals surface area contributed by atoms with Crippen molar-refractivity contribution in [1.82, 2.24) is 15.2 Å². The van der Waals surface area contributed by atoms with Gasteiger partial charge in [0.2, 0.25) is 12.2 Å². The predicted molar refractivity (Wildman–Crippen MR) is 139 cm³/mol. The number of fused-ring (bicyclic) bond motifs is 1. The molecular formula is C27H26ClFN4O4. The van der Waals surface area contributed by atoms with Gasteiger partial charge in [-0.3, -0.25) is 4.79 Å². The van der Waals surface area contributed by atoms with Gasteiger partial charge >= 0.3 is 0 Å². The van der Waals surface area contributed by atoms with Crippen molar-refractivity contribution in [2.45, 2.75) is 19.1 Å². The Hall–Kier alpha value is -3.82. The lowest BCUT2D eigenvalue weighted by Crippen LogP contribution is -2.45. The number of hydrogen-bond donors (Lipinski definition) is 2. The zero-order valence-corrected chi connectivity index (χ0v) is 21.1. The number of halogens is 2. The van der Waals surface area contributed by atoms with Crippen molar-refractivity contribution in [3.05, 3.63) is 70.8 Å². The molecule has 3 N–H and O–H groups in total. The first-order valence-electron chi connectivity index (χ1n) is 11.8. The lowest BCUT2D eigenvalue weighted by atomic mass is 9.99. The van der Waals surface area contributed by atoms with Crippen molar-refractivity contribution in [3.8, 4) is 22.6 Å². The van der Waals surface area contributed by atoms with Crippen LogP contribution in [-0.2, 0) is 4.79 Å². The smallest absolute Gasteiger partial charge is 0.210 e. The Kier molecular flexibility index (Phi) is 6.90. The molecule has 0 radical (unpaired) electrons. The van der Waals surface area contributed by atoms with Crippen LogP contribution in [0, 0.1) is 5.82 Å². The first-order chi connectivity index (χ1) is 17.9. The fourth-order valence-corrected chi connectivity index (χ4v) is 5.01.